The van der Waals surface area contributed by atoms with Gasteiger partial charge in [0.1, 0.15) is 34.7 Å². The third kappa shape index (κ3) is 4.17. The summed E-state index contributed by atoms with van der Waals surface area (Å²) in [6, 6.07) is 9.91. The van der Waals surface area contributed by atoms with Crippen molar-refractivity contribution in [2.75, 3.05) is 5.32 Å². The second-order valence-electron chi connectivity index (χ2n) is 8.90. The Hall–Kier alpha value is -4.35. The van der Waals surface area contributed by atoms with Crippen LogP contribution in [-0.2, 0) is 4.79 Å². The van der Waals surface area contributed by atoms with E-state index in [0.717, 1.165) is 4.52 Å². The van der Waals surface area contributed by atoms with Gasteiger partial charge in [-0.1, -0.05) is 17.7 Å². The lowest BCUT2D eigenvalue weighted by atomic mass is 10.00. The van der Waals surface area contributed by atoms with Crippen LogP contribution in [0.1, 0.15) is 43.1 Å². The number of nitrogens with one attached hydrogen (secondary N) is 2. The van der Waals surface area contributed by atoms with Crippen molar-refractivity contribution in [1.82, 2.24) is 24.9 Å². The van der Waals surface area contributed by atoms with E-state index in [1.807, 2.05) is 0 Å². The molecule has 37 heavy (non-hydrogen) atoms. The van der Waals surface area contributed by atoms with Crippen LogP contribution >= 0.6 is 11.6 Å². The first-order valence-electron chi connectivity index (χ1n) is 11.3. The fourth-order valence-corrected chi connectivity index (χ4v) is 4.40. The molecule has 1 aliphatic rings. The number of hydrogen-bond acceptors (Lipinski definition) is 7. The first-order chi connectivity index (χ1) is 17.7. The molecule has 1 saturated carbocycles. The molecule has 1 fully saturated rings. The molecule has 3 aromatic heterocycles. The zero-order valence-corrected chi connectivity index (χ0v) is 20.4. The van der Waals surface area contributed by atoms with Crippen LogP contribution in [0, 0.1) is 29.6 Å². The molecule has 4 aromatic rings. The summed E-state index contributed by atoms with van der Waals surface area (Å²) in [4.78, 5) is 21.8. The molecular formula is C25H19ClF2N8O. The van der Waals surface area contributed by atoms with Crippen molar-refractivity contribution < 1.29 is 13.6 Å². The zero-order valence-electron chi connectivity index (χ0n) is 19.7. The van der Waals surface area contributed by atoms with Gasteiger partial charge in [-0.25, -0.2) is 13.8 Å². The van der Waals surface area contributed by atoms with E-state index in [0.29, 0.717) is 45.6 Å². The molecule has 2 N–H and O–H groups in total. The topological polar surface area (TPSA) is 132 Å². The van der Waals surface area contributed by atoms with Crippen LogP contribution in [0.3, 0.4) is 0 Å². The standard InChI is InChI=1S/C25H19ClF2N8O/c1-12-19(16-5-8-31-18-9-14(26)3-4-15(16)18)23(33-13(2)24(37)34-25(11-30)6-7-25)36-22(32-12)17(10-29)20(35-36)21(27)28/h3-5,8-9,13,21,33H,6-7H2,1-2H3,(H,34,37). The molecule has 0 spiro atoms. The Labute approximate surface area is 214 Å². The smallest absolute Gasteiger partial charge is 0.283 e. The Kier molecular flexibility index (Phi) is 5.89. The molecule has 5 rings (SSSR count). The lowest BCUT2D eigenvalue weighted by Crippen LogP contribution is -2.44. The van der Waals surface area contributed by atoms with Crippen LogP contribution in [0.2, 0.25) is 5.02 Å². The zero-order chi connectivity index (χ0) is 26.5. The Morgan fingerprint density at radius 2 is 2.03 bits per heavy atom. The number of nitriles is 2. The number of benzene rings is 1. The Bertz CT molecular complexity index is 1670. The number of alkyl halides is 2. The first kappa shape index (κ1) is 24.3. The molecule has 3 heterocycles. The summed E-state index contributed by atoms with van der Waals surface area (Å²) in [5.41, 5.74) is 0.129. The summed E-state index contributed by atoms with van der Waals surface area (Å²) in [6.07, 6.45) is -0.321. The van der Waals surface area contributed by atoms with Crippen LogP contribution in [0.15, 0.2) is 30.5 Å². The van der Waals surface area contributed by atoms with Crippen LogP contribution in [0.25, 0.3) is 27.7 Å². The van der Waals surface area contributed by atoms with Crippen molar-refractivity contribution in [2.45, 2.75) is 44.7 Å². The molecule has 12 heteroatoms. The number of pyridine rings is 1. The van der Waals surface area contributed by atoms with E-state index < -0.39 is 29.6 Å². The van der Waals surface area contributed by atoms with Gasteiger partial charge in [0.2, 0.25) is 5.91 Å². The number of rotatable bonds is 6. The third-order valence-electron chi connectivity index (χ3n) is 6.34. The van der Waals surface area contributed by atoms with Crippen LogP contribution < -0.4 is 10.6 Å². The van der Waals surface area contributed by atoms with Gasteiger partial charge in [-0.2, -0.15) is 20.1 Å². The highest BCUT2D eigenvalue weighted by Crippen LogP contribution is 2.38. The van der Waals surface area contributed by atoms with Gasteiger partial charge < -0.3 is 10.6 Å². The maximum atomic E-state index is 13.8. The molecule has 1 aliphatic carbocycles. The first-order valence-corrected chi connectivity index (χ1v) is 11.7. The predicted molar refractivity (Wildman–Crippen MR) is 132 cm³/mol. The van der Waals surface area contributed by atoms with Crippen molar-refractivity contribution in [3.8, 4) is 23.3 Å². The number of nitrogens with zero attached hydrogens (tertiary/aromatic N) is 6. The number of anilines is 1. The quantitative estimate of drug-likeness (QED) is 0.377. The van der Waals surface area contributed by atoms with Gasteiger partial charge in [0.05, 0.1) is 17.3 Å². The summed E-state index contributed by atoms with van der Waals surface area (Å²) in [7, 11) is 0. The second-order valence-corrected chi connectivity index (χ2v) is 9.33. The van der Waals surface area contributed by atoms with Gasteiger partial charge in [0.15, 0.2) is 5.65 Å². The largest absolute Gasteiger partial charge is 0.358 e. The number of fused-ring (bicyclic) bond motifs is 2. The Morgan fingerprint density at radius 1 is 1.27 bits per heavy atom. The van der Waals surface area contributed by atoms with Crippen molar-refractivity contribution in [3.63, 3.8) is 0 Å². The van der Waals surface area contributed by atoms with E-state index in [1.165, 1.54) is 0 Å². The van der Waals surface area contributed by atoms with Crippen molar-refractivity contribution in [2.24, 2.45) is 0 Å². The maximum Gasteiger partial charge on any atom is 0.283 e. The molecule has 186 valence electrons. The summed E-state index contributed by atoms with van der Waals surface area (Å²) >= 11 is 6.15. The van der Waals surface area contributed by atoms with Gasteiger partial charge in [-0.05, 0) is 50.5 Å². The molecule has 9 nitrogen and oxygen atoms in total. The second kappa shape index (κ2) is 8.95. The van der Waals surface area contributed by atoms with Gasteiger partial charge in [0.25, 0.3) is 6.43 Å². The summed E-state index contributed by atoms with van der Waals surface area (Å²) in [5.74, 6) is -0.251. The molecule has 1 atom stereocenters. The van der Waals surface area contributed by atoms with Crippen LogP contribution in [-0.4, -0.2) is 37.1 Å². The number of carbonyl (C=O) groups excluding carboxylic acids is 1. The third-order valence-corrected chi connectivity index (χ3v) is 6.57. The minimum Gasteiger partial charge on any atom is -0.358 e. The van der Waals surface area contributed by atoms with E-state index in [1.54, 1.807) is 50.4 Å². The fourth-order valence-electron chi connectivity index (χ4n) is 4.24. The minimum absolute atomic E-state index is 0.0637. The highest BCUT2D eigenvalue weighted by molar-refractivity contribution is 6.31. The summed E-state index contributed by atoms with van der Waals surface area (Å²) in [6.45, 7) is 3.26. The molecule has 1 amide bonds. The lowest BCUT2D eigenvalue weighted by Gasteiger charge is -2.21. The Balaban J connectivity index is 1.74. The summed E-state index contributed by atoms with van der Waals surface area (Å²) in [5, 5.41) is 30.0. The fraction of sp³-hybridized carbons (Fsp3) is 0.280. The maximum absolute atomic E-state index is 13.8. The highest BCUT2D eigenvalue weighted by Gasteiger charge is 2.45. The number of hydrogen-bond donors (Lipinski definition) is 2. The predicted octanol–water partition coefficient (Wildman–Crippen LogP) is 4.69. The number of carbonyl (C=O) groups is 1. The minimum atomic E-state index is -3.01. The van der Waals surface area contributed by atoms with E-state index in [9.17, 15) is 24.1 Å². The van der Waals surface area contributed by atoms with Crippen molar-refractivity contribution >= 4 is 39.9 Å². The van der Waals surface area contributed by atoms with Crippen molar-refractivity contribution in [1.29, 1.82) is 10.5 Å². The Morgan fingerprint density at radius 3 is 2.68 bits per heavy atom. The van der Waals surface area contributed by atoms with Crippen molar-refractivity contribution in [3.05, 3.63) is 52.4 Å². The highest BCUT2D eigenvalue weighted by atomic mass is 35.5. The van der Waals surface area contributed by atoms with Crippen LogP contribution in [0.4, 0.5) is 14.6 Å². The molecule has 0 bridgehead atoms. The average molecular weight is 521 g/mol. The number of halogens is 3. The number of aryl methyl sites for hydroxylation is 1. The van der Waals surface area contributed by atoms with Gasteiger partial charge >= 0.3 is 0 Å². The van der Waals surface area contributed by atoms with E-state index >= 15 is 0 Å². The SMILES string of the molecule is Cc1nc2c(C#N)c(C(F)F)nn2c(NC(C)C(=O)NC2(C#N)CC2)c1-c1ccnc2cc(Cl)ccc12. The van der Waals surface area contributed by atoms with Gasteiger partial charge in [0, 0.05) is 22.2 Å². The van der Waals surface area contributed by atoms with Crippen LogP contribution in [0.5, 0.6) is 0 Å². The number of amides is 1. The van der Waals surface area contributed by atoms with E-state index in [2.05, 4.69) is 31.8 Å². The molecular weight excluding hydrogens is 502 g/mol. The molecule has 1 unspecified atom stereocenters. The molecule has 0 aliphatic heterocycles. The average Bonchev–Trinajstić information content (AvgIpc) is 3.54. The van der Waals surface area contributed by atoms with Gasteiger partial charge in [-0.3, -0.25) is 9.78 Å². The van der Waals surface area contributed by atoms with E-state index in [-0.39, 0.29) is 17.0 Å². The lowest BCUT2D eigenvalue weighted by molar-refractivity contribution is -0.122. The van der Waals surface area contributed by atoms with E-state index in [4.69, 9.17) is 11.6 Å². The molecule has 1 aromatic carbocycles. The summed E-state index contributed by atoms with van der Waals surface area (Å²) < 4.78 is 28.7. The number of aromatic nitrogens is 4. The molecule has 0 saturated heterocycles. The van der Waals surface area contributed by atoms with Gasteiger partial charge in [-0.15, -0.1) is 0 Å². The normalized spacial score (nSPS) is 14.8. The monoisotopic (exact) mass is 520 g/mol. The molecule has 0 radical (unpaired) electrons.